The number of nitrogens with two attached hydrogens (primary N) is 1. The highest BCUT2D eigenvalue weighted by Gasteiger charge is 2.20. The van der Waals surface area contributed by atoms with Crippen LogP contribution >= 0.6 is 0 Å². The summed E-state index contributed by atoms with van der Waals surface area (Å²) >= 11 is 0. The second kappa shape index (κ2) is 5.69. The fraction of sp³-hybridized carbons (Fsp3) is 1.00. The highest BCUT2D eigenvalue weighted by atomic mass is 16.3. The number of hydrogen-bond donors (Lipinski definition) is 2. The van der Waals surface area contributed by atoms with Gasteiger partial charge in [0.25, 0.3) is 0 Å². The summed E-state index contributed by atoms with van der Waals surface area (Å²) in [4.78, 5) is 2.43. The zero-order chi connectivity index (χ0) is 10.6. The molecule has 0 spiro atoms. The molecule has 0 saturated carbocycles. The second-order valence-corrected chi connectivity index (χ2v) is 4.77. The minimum atomic E-state index is -0.0679. The van der Waals surface area contributed by atoms with E-state index in [9.17, 15) is 5.11 Å². The van der Waals surface area contributed by atoms with Gasteiger partial charge in [0.05, 0.1) is 6.10 Å². The Morgan fingerprint density at radius 2 is 1.93 bits per heavy atom. The number of piperidine rings is 1. The Labute approximate surface area is 87.3 Å². The van der Waals surface area contributed by atoms with Crippen molar-refractivity contribution >= 4 is 0 Å². The van der Waals surface area contributed by atoms with Crippen LogP contribution in [0.4, 0.5) is 0 Å². The van der Waals surface area contributed by atoms with Crippen LogP contribution in [-0.4, -0.2) is 42.3 Å². The largest absolute Gasteiger partial charge is 0.393 e. The lowest BCUT2D eigenvalue weighted by Crippen LogP contribution is -2.41. The second-order valence-electron chi connectivity index (χ2n) is 4.77. The van der Waals surface area contributed by atoms with Crippen LogP contribution in [0.1, 0.15) is 26.7 Å². The molecule has 1 atom stereocenters. The summed E-state index contributed by atoms with van der Waals surface area (Å²) in [6, 6.07) is 0. The first-order valence-electron chi connectivity index (χ1n) is 5.74. The SMILES string of the molecule is CC(C)C(CN)CN1CCC(O)CC1. The van der Waals surface area contributed by atoms with E-state index in [1.165, 1.54) is 0 Å². The van der Waals surface area contributed by atoms with Gasteiger partial charge in [0.2, 0.25) is 0 Å². The van der Waals surface area contributed by atoms with Crippen LogP contribution in [-0.2, 0) is 0 Å². The van der Waals surface area contributed by atoms with Gasteiger partial charge in [-0.3, -0.25) is 0 Å². The molecule has 0 aliphatic carbocycles. The van der Waals surface area contributed by atoms with Crippen molar-refractivity contribution in [3.05, 3.63) is 0 Å². The summed E-state index contributed by atoms with van der Waals surface area (Å²) in [5.41, 5.74) is 5.74. The van der Waals surface area contributed by atoms with E-state index in [4.69, 9.17) is 5.73 Å². The van der Waals surface area contributed by atoms with E-state index in [1.807, 2.05) is 0 Å². The fourth-order valence-corrected chi connectivity index (χ4v) is 1.99. The molecule has 3 nitrogen and oxygen atoms in total. The Hall–Kier alpha value is -0.120. The van der Waals surface area contributed by atoms with Gasteiger partial charge in [0, 0.05) is 19.6 Å². The zero-order valence-electron chi connectivity index (χ0n) is 9.45. The van der Waals surface area contributed by atoms with Crippen LogP contribution in [0, 0.1) is 11.8 Å². The molecule has 1 aliphatic heterocycles. The van der Waals surface area contributed by atoms with Crippen LogP contribution in [0.15, 0.2) is 0 Å². The lowest BCUT2D eigenvalue weighted by atomic mass is 9.94. The van der Waals surface area contributed by atoms with Crippen molar-refractivity contribution in [2.45, 2.75) is 32.8 Å². The molecule has 0 aromatic rings. The minimum absolute atomic E-state index is 0.0679. The van der Waals surface area contributed by atoms with Crippen molar-refractivity contribution in [1.82, 2.24) is 4.90 Å². The van der Waals surface area contributed by atoms with Crippen molar-refractivity contribution in [3.8, 4) is 0 Å². The van der Waals surface area contributed by atoms with Crippen LogP contribution < -0.4 is 5.73 Å². The van der Waals surface area contributed by atoms with Crippen molar-refractivity contribution < 1.29 is 5.11 Å². The third-order valence-electron chi connectivity index (χ3n) is 3.30. The molecule has 3 N–H and O–H groups in total. The molecule has 1 unspecified atom stereocenters. The molecule has 84 valence electrons. The van der Waals surface area contributed by atoms with Crippen LogP contribution in [0.2, 0.25) is 0 Å². The van der Waals surface area contributed by atoms with Crippen LogP contribution in [0.5, 0.6) is 0 Å². The predicted molar refractivity (Wildman–Crippen MR) is 59.1 cm³/mol. The third kappa shape index (κ3) is 3.56. The monoisotopic (exact) mass is 200 g/mol. The van der Waals surface area contributed by atoms with Gasteiger partial charge in [0.1, 0.15) is 0 Å². The molecule has 1 saturated heterocycles. The van der Waals surface area contributed by atoms with Gasteiger partial charge < -0.3 is 15.7 Å². The number of aliphatic hydroxyl groups excluding tert-OH is 1. The summed E-state index contributed by atoms with van der Waals surface area (Å²) in [6.07, 6.45) is 1.78. The van der Waals surface area contributed by atoms with Gasteiger partial charge in [0.15, 0.2) is 0 Å². The average Bonchev–Trinajstić information content (AvgIpc) is 2.16. The molecule has 0 radical (unpaired) electrons. The van der Waals surface area contributed by atoms with E-state index in [0.717, 1.165) is 39.0 Å². The molecule has 3 heteroatoms. The maximum atomic E-state index is 9.38. The zero-order valence-corrected chi connectivity index (χ0v) is 9.45. The van der Waals surface area contributed by atoms with E-state index in [2.05, 4.69) is 18.7 Å². The number of likely N-dealkylation sites (tertiary alicyclic amines) is 1. The number of rotatable bonds is 4. The fourth-order valence-electron chi connectivity index (χ4n) is 1.99. The molecule has 0 aromatic carbocycles. The standard InChI is InChI=1S/C11H24N2O/c1-9(2)10(7-12)8-13-5-3-11(14)4-6-13/h9-11,14H,3-8,12H2,1-2H3. The lowest BCUT2D eigenvalue weighted by molar-refractivity contribution is 0.0712. The Kier molecular flexibility index (Phi) is 4.85. The highest BCUT2D eigenvalue weighted by molar-refractivity contribution is 4.75. The lowest BCUT2D eigenvalue weighted by Gasteiger charge is -2.33. The smallest absolute Gasteiger partial charge is 0.0564 e. The van der Waals surface area contributed by atoms with E-state index in [-0.39, 0.29) is 6.10 Å². The minimum Gasteiger partial charge on any atom is -0.393 e. The van der Waals surface area contributed by atoms with Crippen LogP contribution in [0.25, 0.3) is 0 Å². The maximum absolute atomic E-state index is 9.38. The quantitative estimate of drug-likeness (QED) is 0.701. The summed E-state index contributed by atoms with van der Waals surface area (Å²) in [7, 11) is 0. The Balaban J connectivity index is 2.29. The van der Waals surface area contributed by atoms with Crippen molar-refractivity contribution in [2.24, 2.45) is 17.6 Å². The third-order valence-corrected chi connectivity index (χ3v) is 3.30. The van der Waals surface area contributed by atoms with Crippen molar-refractivity contribution in [3.63, 3.8) is 0 Å². The van der Waals surface area contributed by atoms with E-state index >= 15 is 0 Å². The number of aliphatic hydroxyl groups is 1. The molecule has 1 heterocycles. The van der Waals surface area contributed by atoms with Gasteiger partial charge in [-0.15, -0.1) is 0 Å². The summed E-state index contributed by atoms with van der Waals surface area (Å²) in [5.74, 6) is 1.26. The molecular weight excluding hydrogens is 176 g/mol. The van der Waals surface area contributed by atoms with Crippen molar-refractivity contribution in [2.75, 3.05) is 26.2 Å². The van der Waals surface area contributed by atoms with Crippen LogP contribution in [0.3, 0.4) is 0 Å². The molecule has 1 fully saturated rings. The number of nitrogens with zero attached hydrogens (tertiary/aromatic N) is 1. The molecular formula is C11H24N2O. The molecule has 14 heavy (non-hydrogen) atoms. The summed E-state index contributed by atoms with van der Waals surface area (Å²) in [5, 5.41) is 9.38. The maximum Gasteiger partial charge on any atom is 0.0564 e. The molecule has 0 bridgehead atoms. The highest BCUT2D eigenvalue weighted by Crippen LogP contribution is 2.15. The average molecular weight is 200 g/mol. The van der Waals surface area contributed by atoms with Gasteiger partial charge in [-0.25, -0.2) is 0 Å². The normalized spacial score (nSPS) is 22.9. The first kappa shape index (κ1) is 12.0. The van der Waals surface area contributed by atoms with Gasteiger partial charge in [-0.2, -0.15) is 0 Å². The van der Waals surface area contributed by atoms with Gasteiger partial charge in [-0.1, -0.05) is 13.8 Å². The predicted octanol–water partition coefficient (Wildman–Crippen LogP) is 0.674. The Morgan fingerprint density at radius 3 is 2.36 bits per heavy atom. The van der Waals surface area contributed by atoms with Gasteiger partial charge in [-0.05, 0) is 31.2 Å². The topological polar surface area (TPSA) is 49.5 Å². The Bertz CT molecular complexity index is 153. The Morgan fingerprint density at radius 1 is 1.36 bits per heavy atom. The summed E-state index contributed by atoms with van der Waals surface area (Å²) < 4.78 is 0. The van der Waals surface area contributed by atoms with Crippen molar-refractivity contribution in [1.29, 1.82) is 0 Å². The first-order chi connectivity index (χ1) is 6.63. The molecule has 0 amide bonds. The number of hydrogen-bond acceptors (Lipinski definition) is 3. The van der Waals surface area contributed by atoms with E-state index in [0.29, 0.717) is 11.8 Å². The van der Waals surface area contributed by atoms with E-state index in [1.54, 1.807) is 0 Å². The van der Waals surface area contributed by atoms with E-state index < -0.39 is 0 Å². The first-order valence-corrected chi connectivity index (χ1v) is 5.74. The molecule has 1 rings (SSSR count). The van der Waals surface area contributed by atoms with Gasteiger partial charge >= 0.3 is 0 Å². The summed E-state index contributed by atoms with van der Waals surface area (Å²) in [6.45, 7) is 8.40. The molecule has 0 aromatic heterocycles. The molecule has 1 aliphatic rings.